The molecule has 2 atom stereocenters. The highest BCUT2D eigenvalue weighted by molar-refractivity contribution is 5.90. The molecule has 0 spiro atoms. The number of benzene rings is 1. The van der Waals surface area contributed by atoms with Crippen LogP contribution in [0.15, 0.2) is 41.2 Å². The molecule has 0 aliphatic carbocycles. The maximum atomic E-state index is 13.6. The van der Waals surface area contributed by atoms with Crippen molar-refractivity contribution in [1.29, 1.82) is 5.26 Å². The van der Waals surface area contributed by atoms with Crippen LogP contribution in [-0.2, 0) is 6.54 Å². The lowest BCUT2D eigenvalue weighted by atomic mass is 10.1. The van der Waals surface area contributed by atoms with Gasteiger partial charge < -0.3 is 19.4 Å². The molecule has 172 valence electrons. The van der Waals surface area contributed by atoms with Gasteiger partial charge in [-0.1, -0.05) is 5.21 Å². The highest BCUT2D eigenvalue weighted by atomic mass is 19.4. The number of alkyl halides is 3. The van der Waals surface area contributed by atoms with Crippen LogP contribution < -0.4 is 10.1 Å². The predicted molar refractivity (Wildman–Crippen MR) is 101 cm³/mol. The Labute approximate surface area is 183 Å². The molecular formula is C19H15F4N7O3. The largest absolute Gasteiger partial charge is 0.573 e. The van der Waals surface area contributed by atoms with Crippen LogP contribution in [0.1, 0.15) is 17.1 Å². The summed E-state index contributed by atoms with van der Waals surface area (Å²) in [6.45, 7) is 0.682. The van der Waals surface area contributed by atoms with Crippen LogP contribution in [0.25, 0.3) is 11.3 Å². The molecule has 0 bridgehead atoms. The maximum Gasteiger partial charge on any atom is 0.573 e. The standard InChI is InChI=1S/C19H15F4N7O3/c20-14-2-1-11(5-15(14)33-19(21,22)23)16-7-25-18(32-16)17(31)27-12-6-13(29(8-12)10-24)9-30-4-3-26-28-30/h1-5,7,12-13H,6,8-9H2,(H,27,31)/t12-,13+/m1/s1. The number of aromatic nitrogens is 4. The van der Waals surface area contributed by atoms with Crippen LogP contribution in [-0.4, -0.2) is 55.8 Å². The lowest BCUT2D eigenvalue weighted by Gasteiger charge is -2.16. The number of nitriles is 1. The van der Waals surface area contributed by atoms with E-state index in [1.165, 1.54) is 11.1 Å². The molecule has 3 heterocycles. The Balaban J connectivity index is 1.42. The van der Waals surface area contributed by atoms with Gasteiger partial charge in [-0.05, 0) is 24.6 Å². The number of ether oxygens (including phenoxy) is 1. The number of amides is 1. The lowest BCUT2D eigenvalue weighted by Crippen LogP contribution is -2.36. The molecule has 1 amide bonds. The van der Waals surface area contributed by atoms with E-state index >= 15 is 0 Å². The molecule has 1 saturated heterocycles. The van der Waals surface area contributed by atoms with Gasteiger partial charge in [0, 0.05) is 24.3 Å². The number of likely N-dealkylation sites (tertiary alicyclic amines) is 1. The summed E-state index contributed by atoms with van der Waals surface area (Å²) >= 11 is 0. The van der Waals surface area contributed by atoms with Gasteiger partial charge in [0.2, 0.25) is 0 Å². The molecule has 3 aromatic rings. The second-order valence-corrected chi connectivity index (χ2v) is 7.16. The van der Waals surface area contributed by atoms with Gasteiger partial charge in [-0.2, -0.15) is 5.26 Å². The number of halogens is 4. The number of carbonyl (C=O) groups is 1. The third kappa shape index (κ3) is 5.20. The number of carbonyl (C=O) groups excluding carboxylic acids is 1. The van der Waals surface area contributed by atoms with E-state index in [0.717, 1.165) is 24.4 Å². The van der Waals surface area contributed by atoms with Gasteiger partial charge in [0.1, 0.15) is 0 Å². The van der Waals surface area contributed by atoms with Crippen molar-refractivity contribution in [1.82, 2.24) is 30.2 Å². The van der Waals surface area contributed by atoms with Crippen molar-refractivity contribution >= 4 is 5.91 Å². The molecule has 0 unspecified atom stereocenters. The van der Waals surface area contributed by atoms with Crippen LogP contribution in [0, 0.1) is 17.3 Å². The van der Waals surface area contributed by atoms with E-state index in [9.17, 15) is 27.6 Å². The molecule has 0 saturated carbocycles. The fourth-order valence-corrected chi connectivity index (χ4v) is 3.48. The summed E-state index contributed by atoms with van der Waals surface area (Å²) in [4.78, 5) is 17.9. The first-order valence-electron chi connectivity index (χ1n) is 9.54. The SMILES string of the molecule is N#CN1C[C@H](NC(=O)c2ncc(-c3ccc(F)c(OC(F)(F)F)c3)o2)C[C@H]1Cn1ccnn1. The third-order valence-corrected chi connectivity index (χ3v) is 4.89. The summed E-state index contributed by atoms with van der Waals surface area (Å²) in [5.41, 5.74) is 0.0339. The van der Waals surface area contributed by atoms with Crippen molar-refractivity contribution in [3.8, 4) is 23.3 Å². The van der Waals surface area contributed by atoms with E-state index in [1.54, 1.807) is 10.9 Å². The summed E-state index contributed by atoms with van der Waals surface area (Å²) in [6, 6.07) is 2.16. The van der Waals surface area contributed by atoms with E-state index in [-0.39, 0.29) is 35.8 Å². The second kappa shape index (κ2) is 8.77. The number of hydrogen-bond donors (Lipinski definition) is 1. The van der Waals surface area contributed by atoms with Gasteiger partial charge in [0.05, 0.1) is 25.0 Å². The van der Waals surface area contributed by atoms with Crippen LogP contribution in [0.2, 0.25) is 0 Å². The Kier molecular flexibility index (Phi) is 5.86. The Morgan fingerprint density at radius 3 is 2.91 bits per heavy atom. The highest BCUT2D eigenvalue weighted by Gasteiger charge is 2.34. The summed E-state index contributed by atoms with van der Waals surface area (Å²) in [5.74, 6) is -3.31. The molecule has 14 heteroatoms. The third-order valence-electron chi connectivity index (χ3n) is 4.89. The average molecular weight is 465 g/mol. The Hall–Kier alpha value is -4.15. The van der Waals surface area contributed by atoms with Gasteiger partial charge in [-0.25, -0.2) is 9.37 Å². The first-order chi connectivity index (χ1) is 15.7. The quantitative estimate of drug-likeness (QED) is 0.435. The van der Waals surface area contributed by atoms with Crippen LogP contribution >= 0.6 is 0 Å². The van der Waals surface area contributed by atoms with E-state index < -0.39 is 23.8 Å². The minimum absolute atomic E-state index is 0.0339. The number of hydrogen-bond acceptors (Lipinski definition) is 8. The van der Waals surface area contributed by atoms with E-state index in [4.69, 9.17) is 4.42 Å². The van der Waals surface area contributed by atoms with E-state index in [2.05, 4.69) is 31.5 Å². The Morgan fingerprint density at radius 2 is 2.21 bits per heavy atom. The van der Waals surface area contributed by atoms with Gasteiger partial charge >= 0.3 is 12.3 Å². The lowest BCUT2D eigenvalue weighted by molar-refractivity contribution is -0.275. The smallest absolute Gasteiger partial charge is 0.432 e. The molecule has 2 aromatic heterocycles. The number of nitrogens with zero attached hydrogens (tertiary/aromatic N) is 6. The van der Waals surface area contributed by atoms with Crippen molar-refractivity contribution in [2.45, 2.75) is 31.4 Å². The van der Waals surface area contributed by atoms with E-state index in [1.807, 2.05) is 0 Å². The van der Waals surface area contributed by atoms with Gasteiger partial charge in [-0.15, -0.1) is 18.3 Å². The summed E-state index contributed by atoms with van der Waals surface area (Å²) in [5, 5.41) is 19.7. The highest BCUT2D eigenvalue weighted by Crippen LogP contribution is 2.31. The molecule has 0 radical (unpaired) electrons. The topological polar surface area (TPSA) is 122 Å². The predicted octanol–water partition coefficient (Wildman–Crippen LogP) is 2.32. The molecule has 4 rings (SSSR count). The van der Waals surface area contributed by atoms with Crippen molar-refractivity contribution < 1.29 is 31.5 Å². The first kappa shape index (κ1) is 22.1. The minimum Gasteiger partial charge on any atom is -0.432 e. The normalized spacial score (nSPS) is 18.2. The molecule has 1 aliphatic heterocycles. The summed E-state index contributed by atoms with van der Waals surface area (Å²) < 4.78 is 61.5. The summed E-state index contributed by atoms with van der Waals surface area (Å²) in [7, 11) is 0. The first-order valence-corrected chi connectivity index (χ1v) is 9.54. The molecular weight excluding hydrogens is 450 g/mol. The number of nitrogens with one attached hydrogen (secondary N) is 1. The fourth-order valence-electron chi connectivity index (χ4n) is 3.48. The van der Waals surface area contributed by atoms with Gasteiger partial charge in [0.15, 0.2) is 23.5 Å². The molecule has 1 aliphatic rings. The zero-order valence-corrected chi connectivity index (χ0v) is 16.7. The monoisotopic (exact) mass is 465 g/mol. The molecule has 1 N–H and O–H groups in total. The zero-order chi connectivity index (χ0) is 23.6. The van der Waals surface area contributed by atoms with E-state index in [0.29, 0.717) is 13.0 Å². The van der Waals surface area contributed by atoms with Crippen molar-refractivity contribution in [3.63, 3.8) is 0 Å². The fraction of sp³-hybridized carbons (Fsp3) is 0.316. The zero-order valence-electron chi connectivity index (χ0n) is 16.7. The van der Waals surface area contributed by atoms with Crippen molar-refractivity contribution in [2.24, 2.45) is 0 Å². The van der Waals surface area contributed by atoms with Crippen LogP contribution in [0.5, 0.6) is 5.75 Å². The average Bonchev–Trinajstić information content (AvgIpc) is 3.50. The molecule has 33 heavy (non-hydrogen) atoms. The molecule has 10 nitrogen and oxygen atoms in total. The van der Waals surface area contributed by atoms with Crippen LogP contribution in [0.4, 0.5) is 17.6 Å². The van der Waals surface area contributed by atoms with Crippen molar-refractivity contribution in [2.75, 3.05) is 6.54 Å². The van der Waals surface area contributed by atoms with Crippen LogP contribution in [0.3, 0.4) is 0 Å². The Morgan fingerprint density at radius 1 is 1.39 bits per heavy atom. The number of rotatable bonds is 6. The Bertz CT molecular complexity index is 1170. The molecule has 1 fully saturated rings. The van der Waals surface area contributed by atoms with Gasteiger partial charge in [-0.3, -0.25) is 9.48 Å². The molecule has 1 aromatic carbocycles. The van der Waals surface area contributed by atoms with Crippen molar-refractivity contribution in [3.05, 3.63) is 48.5 Å². The van der Waals surface area contributed by atoms with Gasteiger partial charge in [0.25, 0.3) is 5.89 Å². The second-order valence-electron chi connectivity index (χ2n) is 7.16. The summed E-state index contributed by atoms with van der Waals surface area (Å²) in [6.07, 6.45) is 1.78. The maximum absolute atomic E-state index is 13.6. The minimum atomic E-state index is -5.07. The number of oxazole rings is 1.